The van der Waals surface area contributed by atoms with Gasteiger partial charge >= 0.3 is 6.18 Å². The lowest BCUT2D eigenvalue weighted by atomic mass is 9.99. The number of carbonyl (C=O) groups excluding carboxylic acids is 1. The predicted octanol–water partition coefficient (Wildman–Crippen LogP) is 3.04. The summed E-state index contributed by atoms with van der Waals surface area (Å²) < 4.78 is 66.4. The van der Waals surface area contributed by atoms with Crippen LogP contribution in [0.2, 0.25) is 5.02 Å². The SMILES string of the molecule is O=C(NC1CC1)C1CCCN(S(=O)(=O)c2ccc(Cl)cc2C(F)(F)F)C1. The number of hydrogen-bond acceptors (Lipinski definition) is 3. The van der Waals surface area contributed by atoms with Crippen molar-refractivity contribution in [2.24, 2.45) is 5.92 Å². The van der Waals surface area contributed by atoms with Crippen LogP contribution in [0.1, 0.15) is 31.2 Å². The third-order valence-corrected chi connectivity index (χ3v) is 6.70. The molecule has 5 nitrogen and oxygen atoms in total. The van der Waals surface area contributed by atoms with Crippen LogP contribution in [0.25, 0.3) is 0 Å². The second-order valence-electron chi connectivity index (χ2n) is 6.62. The summed E-state index contributed by atoms with van der Waals surface area (Å²) in [4.78, 5) is 11.4. The second-order valence-corrected chi connectivity index (χ2v) is 8.97. The molecule has 1 aromatic carbocycles. The summed E-state index contributed by atoms with van der Waals surface area (Å²) in [5.74, 6) is -0.791. The number of benzene rings is 1. The van der Waals surface area contributed by atoms with Gasteiger partial charge in [-0.2, -0.15) is 17.5 Å². The van der Waals surface area contributed by atoms with E-state index in [1.54, 1.807) is 0 Å². The molecule has 1 saturated heterocycles. The first-order valence-electron chi connectivity index (χ1n) is 8.26. The molecular weight excluding hydrogens is 393 g/mol. The van der Waals surface area contributed by atoms with Gasteiger partial charge in [-0.3, -0.25) is 4.79 Å². The molecule has 3 rings (SSSR count). The first kappa shape index (κ1) is 19.4. The van der Waals surface area contributed by atoms with Gasteiger partial charge in [0.2, 0.25) is 15.9 Å². The largest absolute Gasteiger partial charge is 0.417 e. The number of alkyl halides is 3. The van der Waals surface area contributed by atoms with E-state index in [1.807, 2.05) is 0 Å². The number of nitrogens with one attached hydrogen (secondary N) is 1. The first-order chi connectivity index (χ1) is 12.1. The van der Waals surface area contributed by atoms with E-state index in [-0.39, 0.29) is 30.1 Å². The van der Waals surface area contributed by atoms with Gasteiger partial charge in [0.1, 0.15) is 0 Å². The Labute approximate surface area is 154 Å². The molecule has 144 valence electrons. The van der Waals surface area contributed by atoms with E-state index in [9.17, 15) is 26.4 Å². The minimum absolute atomic E-state index is 0.0788. The average Bonchev–Trinajstić information content (AvgIpc) is 3.38. The van der Waals surface area contributed by atoms with Gasteiger partial charge in [-0.05, 0) is 43.9 Å². The average molecular weight is 411 g/mol. The fourth-order valence-electron chi connectivity index (χ4n) is 3.01. The standard InChI is InChI=1S/C16H18ClF3N2O3S/c17-11-3-6-14(13(8-11)16(18,19)20)26(24,25)22-7-1-2-10(9-22)15(23)21-12-4-5-12/h3,6,8,10,12H,1-2,4-5,7,9H2,(H,21,23). The van der Waals surface area contributed by atoms with Gasteiger partial charge in [-0.25, -0.2) is 8.42 Å². The number of hydrogen-bond donors (Lipinski definition) is 1. The number of carbonyl (C=O) groups is 1. The Morgan fingerprint density at radius 3 is 2.54 bits per heavy atom. The minimum atomic E-state index is -4.86. The Kier molecular flexibility index (Phi) is 5.24. The van der Waals surface area contributed by atoms with Crippen LogP contribution in [0.4, 0.5) is 13.2 Å². The summed E-state index contributed by atoms with van der Waals surface area (Å²) in [5.41, 5.74) is -1.30. The molecule has 1 heterocycles. The fraction of sp³-hybridized carbons (Fsp3) is 0.562. The Morgan fingerprint density at radius 1 is 1.23 bits per heavy atom. The summed E-state index contributed by atoms with van der Waals surface area (Å²) in [6.07, 6.45) is -2.12. The molecule has 0 radical (unpaired) electrons. The zero-order chi connectivity index (χ0) is 19.1. The molecule has 1 saturated carbocycles. The molecule has 10 heteroatoms. The quantitative estimate of drug-likeness (QED) is 0.829. The molecule has 1 atom stereocenters. The van der Waals surface area contributed by atoms with Crippen LogP contribution in [0.3, 0.4) is 0 Å². The van der Waals surface area contributed by atoms with Crippen molar-refractivity contribution in [3.8, 4) is 0 Å². The number of sulfonamides is 1. The molecule has 1 aliphatic heterocycles. The number of amides is 1. The summed E-state index contributed by atoms with van der Waals surface area (Å²) in [5, 5.41) is 2.62. The van der Waals surface area contributed by atoms with Crippen molar-refractivity contribution >= 4 is 27.5 Å². The number of nitrogens with zero attached hydrogens (tertiary/aromatic N) is 1. The highest BCUT2D eigenvalue weighted by Gasteiger charge is 2.41. The van der Waals surface area contributed by atoms with Crippen molar-refractivity contribution in [1.82, 2.24) is 9.62 Å². The molecule has 1 amide bonds. The van der Waals surface area contributed by atoms with Crippen LogP contribution < -0.4 is 5.32 Å². The predicted molar refractivity (Wildman–Crippen MR) is 89.1 cm³/mol. The highest BCUT2D eigenvalue weighted by Crippen LogP contribution is 2.37. The Balaban J connectivity index is 1.86. The van der Waals surface area contributed by atoms with Gasteiger partial charge < -0.3 is 5.32 Å². The monoisotopic (exact) mass is 410 g/mol. The lowest BCUT2D eigenvalue weighted by Crippen LogP contribution is -2.46. The Hall–Kier alpha value is -1.32. The van der Waals surface area contributed by atoms with Gasteiger partial charge in [-0.1, -0.05) is 11.6 Å². The smallest absolute Gasteiger partial charge is 0.353 e. The molecule has 1 aromatic rings. The number of piperidine rings is 1. The van der Waals surface area contributed by atoms with E-state index in [4.69, 9.17) is 11.6 Å². The van der Waals surface area contributed by atoms with Crippen LogP contribution in [-0.2, 0) is 21.0 Å². The highest BCUT2D eigenvalue weighted by molar-refractivity contribution is 7.89. The highest BCUT2D eigenvalue weighted by atomic mass is 35.5. The zero-order valence-corrected chi connectivity index (χ0v) is 15.3. The molecule has 26 heavy (non-hydrogen) atoms. The van der Waals surface area contributed by atoms with Crippen molar-refractivity contribution in [2.45, 2.75) is 42.8 Å². The zero-order valence-electron chi connectivity index (χ0n) is 13.7. The van der Waals surface area contributed by atoms with Crippen LogP contribution >= 0.6 is 11.6 Å². The lowest BCUT2D eigenvalue weighted by molar-refractivity contribution is -0.140. The first-order valence-corrected chi connectivity index (χ1v) is 10.1. The van der Waals surface area contributed by atoms with Crippen molar-refractivity contribution in [2.75, 3.05) is 13.1 Å². The van der Waals surface area contributed by atoms with E-state index in [0.29, 0.717) is 18.9 Å². The second kappa shape index (κ2) is 7.01. The maximum atomic E-state index is 13.3. The Bertz CT molecular complexity index is 809. The summed E-state index contributed by atoms with van der Waals surface area (Å²) in [6, 6.07) is 2.73. The van der Waals surface area contributed by atoms with Crippen LogP contribution in [0, 0.1) is 5.92 Å². The third kappa shape index (κ3) is 4.15. The number of halogens is 4. The van der Waals surface area contributed by atoms with Gasteiger partial charge in [0, 0.05) is 24.2 Å². The fourth-order valence-corrected chi connectivity index (χ4v) is 4.90. The normalized spacial score (nSPS) is 22.2. The van der Waals surface area contributed by atoms with Gasteiger partial charge in [0.25, 0.3) is 0 Å². The molecule has 1 aliphatic carbocycles. The summed E-state index contributed by atoms with van der Waals surface area (Å²) >= 11 is 5.62. The Morgan fingerprint density at radius 2 is 1.92 bits per heavy atom. The lowest BCUT2D eigenvalue weighted by Gasteiger charge is -2.32. The van der Waals surface area contributed by atoms with Gasteiger partial charge in [-0.15, -0.1) is 0 Å². The van der Waals surface area contributed by atoms with E-state index >= 15 is 0 Å². The molecule has 0 aromatic heterocycles. The molecule has 1 N–H and O–H groups in total. The van der Waals surface area contributed by atoms with Crippen LogP contribution in [0.15, 0.2) is 23.1 Å². The van der Waals surface area contributed by atoms with Crippen LogP contribution in [-0.4, -0.2) is 37.8 Å². The maximum absolute atomic E-state index is 13.3. The van der Waals surface area contributed by atoms with Gasteiger partial charge in [0.05, 0.1) is 16.4 Å². The van der Waals surface area contributed by atoms with Crippen molar-refractivity contribution in [1.29, 1.82) is 0 Å². The summed E-state index contributed by atoms with van der Waals surface area (Å²) in [7, 11) is -4.40. The van der Waals surface area contributed by atoms with E-state index in [1.165, 1.54) is 0 Å². The van der Waals surface area contributed by atoms with Crippen molar-refractivity contribution in [3.05, 3.63) is 28.8 Å². The maximum Gasteiger partial charge on any atom is 0.417 e. The molecule has 0 bridgehead atoms. The van der Waals surface area contributed by atoms with Gasteiger partial charge in [0.15, 0.2) is 0 Å². The van der Waals surface area contributed by atoms with E-state index in [2.05, 4.69) is 5.32 Å². The third-order valence-electron chi connectivity index (χ3n) is 4.54. The van der Waals surface area contributed by atoms with E-state index < -0.39 is 32.6 Å². The molecule has 1 unspecified atom stereocenters. The molecular formula is C16H18ClF3N2O3S. The molecule has 2 aliphatic rings. The van der Waals surface area contributed by atoms with Crippen LogP contribution in [0.5, 0.6) is 0 Å². The van der Waals surface area contributed by atoms with E-state index in [0.717, 1.165) is 29.3 Å². The topological polar surface area (TPSA) is 66.5 Å². The summed E-state index contributed by atoms with van der Waals surface area (Å²) in [6.45, 7) is -0.0454. The molecule has 0 spiro atoms. The molecule has 2 fully saturated rings. The number of rotatable bonds is 4. The van der Waals surface area contributed by atoms with Crippen molar-refractivity contribution in [3.63, 3.8) is 0 Å². The van der Waals surface area contributed by atoms with Crippen molar-refractivity contribution < 1.29 is 26.4 Å². The minimum Gasteiger partial charge on any atom is -0.353 e.